The van der Waals surface area contributed by atoms with Crippen molar-refractivity contribution >= 4 is 0 Å². The van der Waals surface area contributed by atoms with E-state index in [0.29, 0.717) is 0 Å². The third-order valence-electron chi connectivity index (χ3n) is 2.41. The summed E-state index contributed by atoms with van der Waals surface area (Å²) in [6.07, 6.45) is 8.70. The lowest BCUT2D eigenvalue weighted by molar-refractivity contribution is 0.573. The van der Waals surface area contributed by atoms with Gasteiger partial charge in [0.2, 0.25) is 0 Å². The molecule has 0 nitrogen and oxygen atoms in total. The molecule has 8 heavy (non-hydrogen) atoms. The standard InChI is InChI=1S/C8H12/c1-3-7(4-1)8-5-2-6-8/h1-6H2. The zero-order valence-corrected chi connectivity index (χ0v) is 5.24. The topological polar surface area (TPSA) is 0 Å². The van der Waals surface area contributed by atoms with Gasteiger partial charge in [-0.2, -0.15) is 0 Å². The summed E-state index contributed by atoms with van der Waals surface area (Å²) in [6, 6.07) is 0. The van der Waals surface area contributed by atoms with Crippen LogP contribution in [-0.2, 0) is 0 Å². The molecule has 2 fully saturated rings. The smallest absolute Gasteiger partial charge is 0.0315 e. The van der Waals surface area contributed by atoms with E-state index in [4.69, 9.17) is 0 Å². The minimum atomic E-state index is 1.44. The van der Waals surface area contributed by atoms with Crippen LogP contribution in [0.3, 0.4) is 0 Å². The maximum atomic E-state index is 1.82. The van der Waals surface area contributed by atoms with Crippen molar-refractivity contribution in [2.75, 3.05) is 0 Å². The van der Waals surface area contributed by atoms with Gasteiger partial charge < -0.3 is 0 Å². The Hall–Kier alpha value is -0.260. The molecule has 0 aromatic rings. The number of hydrogen-bond acceptors (Lipinski definition) is 0. The minimum Gasteiger partial charge on any atom is -0.0710 e. The molecule has 0 N–H and O–H groups in total. The highest BCUT2D eigenvalue weighted by Crippen LogP contribution is 2.37. The van der Waals surface area contributed by atoms with Crippen LogP contribution in [0.5, 0.6) is 0 Å². The summed E-state index contributed by atoms with van der Waals surface area (Å²) in [6.45, 7) is 0. The van der Waals surface area contributed by atoms with Gasteiger partial charge >= 0.3 is 0 Å². The lowest BCUT2D eigenvalue weighted by atomic mass is 9.79. The summed E-state index contributed by atoms with van der Waals surface area (Å²) >= 11 is 0. The second-order valence-corrected chi connectivity index (χ2v) is 2.91. The predicted molar refractivity (Wildman–Crippen MR) is 34.7 cm³/mol. The van der Waals surface area contributed by atoms with Gasteiger partial charge in [-0.3, -0.25) is 0 Å². The van der Waals surface area contributed by atoms with E-state index in [-0.39, 0.29) is 0 Å². The molecule has 2 aliphatic carbocycles. The monoisotopic (exact) mass is 108 g/mol. The maximum absolute atomic E-state index is 1.82. The Bertz CT molecular complexity index is 103. The Morgan fingerprint density at radius 1 is 0.625 bits per heavy atom. The van der Waals surface area contributed by atoms with Crippen molar-refractivity contribution in [1.82, 2.24) is 0 Å². The van der Waals surface area contributed by atoms with Crippen LogP contribution in [0.15, 0.2) is 11.1 Å². The van der Waals surface area contributed by atoms with E-state index in [2.05, 4.69) is 0 Å². The lowest BCUT2D eigenvalue weighted by Gasteiger charge is -2.27. The molecule has 0 spiro atoms. The third kappa shape index (κ3) is 0.521. The second kappa shape index (κ2) is 1.61. The summed E-state index contributed by atoms with van der Waals surface area (Å²) < 4.78 is 0. The molecule has 0 aliphatic heterocycles. The predicted octanol–water partition coefficient (Wildman–Crippen LogP) is 2.65. The fraction of sp³-hybridized carbons (Fsp3) is 0.750. The van der Waals surface area contributed by atoms with Gasteiger partial charge in [0.05, 0.1) is 0 Å². The van der Waals surface area contributed by atoms with Crippen LogP contribution >= 0.6 is 0 Å². The van der Waals surface area contributed by atoms with E-state index in [1.54, 1.807) is 0 Å². The molecule has 2 aliphatic rings. The summed E-state index contributed by atoms with van der Waals surface area (Å²) in [5.41, 5.74) is 3.63. The Balaban J connectivity index is 2.07. The van der Waals surface area contributed by atoms with Gasteiger partial charge in [0.15, 0.2) is 0 Å². The molecule has 0 heteroatoms. The normalized spacial score (nSPS) is 27.0. The van der Waals surface area contributed by atoms with Crippen molar-refractivity contribution in [2.45, 2.75) is 38.5 Å². The van der Waals surface area contributed by atoms with Crippen LogP contribution in [-0.4, -0.2) is 0 Å². The minimum absolute atomic E-state index is 1.44. The molecule has 0 unspecified atom stereocenters. The van der Waals surface area contributed by atoms with Crippen molar-refractivity contribution < 1.29 is 0 Å². The Morgan fingerprint density at radius 2 is 1.00 bits per heavy atom. The number of allylic oxidation sites excluding steroid dienone is 2. The van der Waals surface area contributed by atoms with Crippen molar-refractivity contribution in [3.05, 3.63) is 11.1 Å². The Kier molecular flexibility index (Phi) is 0.927. The maximum Gasteiger partial charge on any atom is -0.0315 e. The van der Waals surface area contributed by atoms with E-state index < -0.39 is 0 Å². The van der Waals surface area contributed by atoms with Gasteiger partial charge in [0.25, 0.3) is 0 Å². The van der Waals surface area contributed by atoms with Gasteiger partial charge in [0.1, 0.15) is 0 Å². The number of rotatable bonds is 0. The first-order valence-corrected chi connectivity index (χ1v) is 3.66. The SMILES string of the molecule is C1CC(=C2CCC2)C1. The molecule has 2 rings (SSSR count). The first kappa shape index (κ1) is 4.60. The number of hydrogen-bond donors (Lipinski definition) is 0. The highest BCUT2D eigenvalue weighted by atomic mass is 14.2. The molecule has 0 amide bonds. The summed E-state index contributed by atoms with van der Waals surface area (Å²) in [7, 11) is 0. The molecule has 0 saturated heterocycles. The quantitative estimate of drug-likeness (QED) is 0.418. The average molecular weight is 108 g/mol. The third-order valence-corrected chi connectivity index (χ3v) is 2.41. The highest BCUT2D eigenvalue weighted by Gasteiger charge is 2.18. The van der Waals surface area contributed by atoms with Crippen LogP contribution < -0.4 is 0 Å². The molecule has 0 aromatic heterocycles. The molecule has 2 saturated carbocycles. The molecule has 0 radical (unpaired) electrons. The van der Waals surface area contributed by atoms with Crippen LogP contribution in [0.1, 0.15) is 38.5 Å². The molecular weight excluding hydrogens is 96.1 g/mol. The largest absolute Gasteiger partial charge is 0.0710 e. The van der Waals surface area contributed by atoms with Crippen LogP contribution in [0.2, 0.25) is 0 Å². The van der Waals surface area contributed by atoms with Gasteiger partial charge in [-0.1, -0.05) is 11.1 Å². The first-order valence-electron chi connectivity index (χ1n) is 3.66. The Labute approximate surface area is 50.6 Å². The molecular formula is C8H12. The zero-order chi connectivity index (χ0) is 5.40. The van der Waals surface area contributed by atoms with Gasteiger partial charge in [-0.25, -0.2) is 0 Å². The van der Waals surface area contributed by atoms with Crippen LogP contribution in [0.4, 0.5) is 0 Å². The van der Waals surface area contributed by atoms with Gasteiger partial charge in [-0.15, -0.1) is 0 Å². The first-order chi connectivity index (χ1) is 3.97. The molecule has 0 heterocycles. The van der Waals surface area contributed by atoms with Crippen LogP contribution in [0, 0.1) is 0 Å². The van der Waals surface area contributed by atoms with E-state index in [9.17, 15) is 0 Å². The lowest BCUT2D eigenvalue weighted by Crippen LogP contribution is -2.07. The van der Waals surface area contributed by atoms with Crippen molar-refractivity contribution in [3.8, 4) is 0 Å². The fourth-order valence-electron chi connectivity index (χ4n) is 1.41. The van der Waals surface area contributed by atoms with E-state index in [1.165, 1.54) is 38.5 Å². The highest BCUT2D eigenvalue weighted by molar-refractivity contribution is 5.23. The van der Waals surface area contributed by atoms with E-state index in [1.807, 2.05) is 11.1 Å². The summed E-state index contributed by atoms with van der Waals surface area (Å²) in [5, 5.41) is 0. The average Bonchev–Trinajstić information content (AvgIpc) is 1.47. The van der Waals surface area contributed by atoms with E-state index >= 15 is 0 Å². The molecule has 44 valence electrons. The molecule has 0 bridgehead atoms. The van der Waals surface area contributed by atoms with Gasteiger partial charge in [-0.05, 0) is 38.5 Å². The zero-order valence-electron chi connectivity index (χ0n) is 5.24. The van der Waals surface area contributed by atoms with Crippen molar-refractivity contribution in [2.24, 2.45) is 0 Å². The molecule has 0 aromatic carbocycles. The van der Waals surface area contributed by atoms with Crippen LogP contribution in [0.25, 0.3) is 0 Å². The van der Waals surface area contributed by atoms with Crippen molar-refractivity contribution in [1.29, 1.82) is 0 Å². The summed E-state index contributed by atoms with van der Waals surface area (Å²) in [5.74, 6) is 0. The Morgan fingerprint density at radius 3 is 1.12 bits per heavy atom. The van der Waals surface area contributed by atoms with Gasteiger partial charge in [0, 0.05) is 0 Å². The van der Waals surface area contributed by atoms with Crippen molar-refractivity contribution in [3.63, 3.8) is 0 Å². The summed E-state index contributed by atoms with van der Waals surface area (Å²) in [4.78, 5) is 0. The second-order valence-electron chi connectivity index (χ2n) is 2.91. The van der Waals surface area contributed by atoms with E-state index in [0.717, 1.165) is 0 Å². The fourth-order valence-corrected chi connectivity index (χ4v) is 1.41. The molecule has 0 atom stereocenters.